The van der Waals surface area contributed by atoms with Crippen molar-refractivity contribution >= 4 is 17.9 Å². The highest BCUT2D eigenvalue weighted by atomic mass is 16.5. The van der Waals surface area contributed by atoms with Gasteiger partial charge in [0.1, 0.15) is 0 Å². The highest BCUT2D eigenvalue weighted by Gasteiger charge is 2.00. The van der Waals surface area contributed by atoms with E-state index in [-0.39, 0.29) is 5.97 Å². The fourth-order valence-corrected chi connectivity index (χ4v) is 0.607. The van der Waals surface area contributed by atoms with E-state index in [9.17, 15) is 14.4 Å². The Morgan fingerprint density at radius 2 is 1.53 bits per heavy atom. The molecule has 0 amide bonds. The Labute approximate surface area is 99.3 Å². The molecule has 0 aromatic heterocycles. The molecular formula is C10H17NO6. The van der Waals surface area contributed by atoms with E-state index < -0.39 is 11.9 Å². The SMILES string of the molecule is CCOC(=O)CN(C)C.O=C(O)/C=C/C(=O)O. The van der Waals surface area contributed by atoms with Crippen LogP contribution in [0.3, 0.4) is 0 Å². The van der Waals surface area contributed by atoms with Crippen LogP contribution in [0, 0.1) is 0 Å². The number of hydrogen-bond donors (Lipinski definition) is 2. The molecule has 0 aliphatic rings. The number of likely N-dealkylation sites (N-methyl/N-ethyl adjacent to an activating group) is 1. The van der Waals surface area contributed by atoms with Gasteiger partial charge in [-0.15, -0.1) is 0 Å². The van der Waals surface area contributed by atoms with Crippen LogP contribution in [0.4, 0.5) is 0 Å². The van der Waals surface area contributed by atoms with Crippen LogP contribution in [-0.4, -0.2) is 60.3 Å². The van der Waals surface area contributed by atoms with E-state index >= 15 is 0 Å². The molecule has 7 heteroatoms. The molecule has 0 aliphatic heterocycles. The molecule has 0 aromatic carbocycles. The van der Waals surface area contributed by atoms with Crippen molar-refractivity contribution in [1.29, 1.82) is 0 Å². The van der Waals surface area contributed by atoms with E-state index in [2.05, 4.69) is 4.74 Å². The van der Waals surface area contributed by atoms with Gasteiger partial charge in [-0.3, -0.25) is 9.69 Å². The number of hydrogen-bond acceptors (Lipinski definition) is 5. The molecule has 0 saturated carbocycles. The average molecular weight is 247 g/mol. The van der Waals surface area contributed by atoms with Gasteiger partial charge in [0, 0.05) is 12.2 Å². The minimum atomic E-state index is -1.26. The number of rotatable bonds is 5. The topological polar surface area (TPSA) is 104 Å². The summed E-state index contributed by atoms with van der Waals surface area (Å²) in [5.74, 6) is -2.68. The molecular weight excluding hydrogens is 230 g/mol. The van der Waals surface area contributed by atoms with Crippen molar-refractivity contribution in [3.63, 3.8) is 0 Å². The molecule has 17 heavy (non-hydrogen) atoms. The van der Waals surface area contributed by atoms with E-state index in [1.807, 2.05) is 14.1 Å². The van der Waals surface area contributed by atoms with Crippen LogP contribution >= 0.6 is 0 Å². The van der Waals surface area contributed by atoms with Gasteiger partial charge in [-0.25, -0.2) is 9.59 Å². The van der Waals surface area contributed by atoms with Gasteiger partial charge in [-0.1, -0.05) is 0 Å². The zero-order valence-electron chi connectivity index (χ0n) is 10.0. The summed E-state index contributed by atoms with van der Waals surface area (Å²) >= 11 is 0. The van der Waals surface area contributed by atoms with Gasteiger partial charge in [0.25, 0.3) is 0 Å². The van der Waals surface area contributed by atoms with Crippen molar-refractivity contribution in [2.45, 2.75) is 6.92 Å². The quantitative estimate of drug-likeness (QED) is 0.513. The fourth-order valence-electron chi connectivity index (χ4n) is 0.607. The maximum absolute atomic E-state index is 10.6. The van der Waals surface area contributed by atoms with Gasteiger partial charge >= 0.3 is 17.9 Å². The third kappa shape index (κ3) is 20.2. The van der Waals surface area contributed by atoms with E-state index in [4.69, 9.17) is 10.2 Å². The lowest BCUT2D eigenvalue weighted by atomic mass is 10.5. The Morgan fingerprint density at radius 1 is 1.12 bits per heavy atom. The Balaban J connectivity index is 0. The second-order valence-electron chi connectivity index (χ2n) is 3.05. The van der Waals surface area contributed by atoms with Gasteiger partial charge < -0.3 is 14.9 Å². The summed E-state index contributed by atoms with van der Waals surface area (Å²) in [6.45, 7) is 2.63. The number of carbonyl (C=O) groups is 3. The summed E-state index contributed by atoms with van der Waals surface area (Å²) < 4.78 is 4.67. The predicted molar refractivity (Wildman–Crippen MR) is 59.6 cm³/mol. The van der Waals surface area contributed by atoms with Crippen LogP contribution in [-0.2, 0) is 19.1 Å². The highest BCUT2D eigenvalue weighted by Crippen LogP contribution is 1.79. The van der Waals surface area contributed by atoms with Crippen molar-refractivity contribution in [1.82, 2.24) is 4.90 Å². The Hall–Kier alpha value is -1.89. The van der Waals surface area contributed by atoms with Gasteiger partial charge in [0.15, 0.2) is 0 Å². The van der Waals surface area contributed by atoms with E-state index in [0.29, 0.717) is 25.3 Å². The summed E-state index contributed by atoms with van der Waals surface area (Å²) in [6, 6.07) is 0. The van der Waals surface area contributed by atoms with E-state index in [1.54, 1.807) is 11.8 Å². The van der Waals surface area contributed by atoms with Crippen LogP contribution in [0.5, 0.6) is 0 Å². The van der Waals surface area contributed by atoms with Crippen LogP contribution < -0.4 is 0 Å². The number of ether oxygens (including phenoxy) is 1. The second kappa shape index (κ2) is 10.6. The maximum atomic E-state index is 10.6. The predicted octanol–water partition coefficient (Wildman–Crippen LogP) is -0.177. The van der Waals surface area contributed by atoms with Gasteiger partial charge in [0.05, 0.1) is 13.2 Å². The molecule has 2 N–H and O–H groups in total. The molecule has 0 saturated heterocycles. The van der Waals surface area contributed by atoms with Gasteiger partial charge in [-0.05, 0) is 21.0 Å². The van der Waals surface area contributed by atoms with Crippen molar-refractivity contribution < 1.29 is 29.3 Å². The van der Waals surface area contributed by atoms with Gasteiger partial charge in [0.2, 0.25) is 0 Å². The van der Waals surface area contributed by atoms with Gasteiger partial charge in [-0.2, -0.15) is 0 Å². The summed E-state index contributed by atoms with van der Waals surface area (Å²) in [5, 5.41) is 15.6. The zero-order chi connectivity index (χ0) is 13.8. The molecule has 0 fully saturated rings. The van der Waals surface area contributed by atoms with E-state index in [0.717, 1.165) is 0 Å². The molecule has 0 heterocycles. The third-order valence-electron chi connectivity index (χ3n) is 1.12. The summed E-state index contributed by atoms with van der Waals surface area (Å²) in [5.41, 5.74) is 0. The minimum Gasteiger partial charge on any atom is -0.478 e. The minimum absolute atomic E-state index is 0.164. The molecule has 0 rings (SSSR count). The third-order valence-corrected chi connectivity index (χ3v) is 1.12. The molecule has 0 aromatic rings. The largest absolute Gasteiger partial charge is 0.478 e. The second-order valence-corrected chi connectivity index (χ2v) is 3.05. The van der Waals surface area contributed by atoms with Crippen LogP contribution in [0.1, 0.15) is 6.92 Å². The number of esters is 1. The number of carboxylic acids is 2. The molecule has 0 aliphatic carbocycles. The van der Waals surface area contributed by atoms with E-state index in [1.165, 1.54) is 0 Å². The maximum Gasteiger partial charge on any atom is 0.328 e. The van der Waals surface area contributed by atoms with Crippen molar-refractivity contribution in [3.8, 4) is 0 Å². The molecule has 98 valence electrons. The molecule has 0 bridgehead atoms. The normalized spacial score (nSPS) is 9.65. The number of carboxylic acid groups (broad SMARTS) is 2. The standard InChI is InChI=1S/C6H13NO2.C4H4O4/c1-4-9-6(8)5-7(2)3;5-3(6)1-2-4(7)8/h4-5H2,1-3H3;1-2H,(H,5,6)(H,7,8)/b;2-1+. The Bertz CT molecular complexity index is 269. The molecule has 0 spiro atoms. The fraction of sp³-hybridized carbons (Fsp3) is 0.500. The van der Waals surface area contributed by atoms with Crippen molar-refractivity contribution in [3.05, 3.63) is 12.2 Å². The van der Waals surface area contributed by atoms with Crippen molar-refractivity contribution in [2.24, 2.45) is 0 Å². The number of aliphatic carboxylic acids is 2. The van der Waals surface area contributed by atoms with Crippen LogP contribution in [0.15, 0.2) is 12.2 Å². The summed E-state index contributed by atoms with van der Waals surface area (Å²) in [4.78, 5) is 31.5. The van der Waals surface area contributed by atoms with Crippen LogP contribution in [0.25, 0.3) is 0 Å². The zero-order valence-corrected chi connectivity index (χ0v) is 10.0. The lowest BCUT2D eigenvalue weighted by Crippen LogP contribution is -2.23. The lowest BCUT2D eigenvalue weighted by molar-refractivity contribution is -0.143. The first-order chi connectivity index (χ1) is 7.79. The Morgan fingerprint density at radius 3 is 1.76 bits per heavy atom. The molecule has 0 atom stereocenters. The van der Waals surface area contributed by atoms with Crippen molar-refractivity contribution in [2.75, 3.05) is 27.2 Å². The first-order valence-electron chi connectivity index (χ1n) is 4.73. The summed E-state index contributed by atoms with van der Waals surface area (Å²) in [6.07, 6.45) is 1.12. The van der Waals surface area contributed by atoms with Crippen LogP contribution in [0.2, 0.25) is 0 Å². The molecule has 0 radical (unpaired) electrons. The first kappa shape index (κ1) is 17.5. The molecule has 0 unspecified atom stereocenters. The average Bonchev–Trinajstić information content (AvgIpc) is 2.14. The summed E-state index contributed by atoms with van der Waals surface area (Å²) in [7, 11) is 3.66. The first-order valence-corrected chi connectivity index (χ1v) is 4.73. The lowest BCUT2D eigenvalue weighted by Gasteiger charge is -2.06. The smallest absolute Gasteiger partial charge is 0.328 e. The monoisotopic (exact) mass is 247 g/mol. The Kier molecular flexibility index (Phi) is 10.9. The number of nitrogens with zero attached hydrogens (tertiary/aromatic N) is 1. The molecule has 7 nitrogen and oxygen atoms in total. The highest BCUT2D eigenvalue weighted by molar-refractivity contribution is 5.89. The number of carbonyl (C=O) groups excluding carboxylic acids is 1.